The molecule has 4 aromatic rings. The SMILES string of the molecule is C=C(O)CCC(=O)c1cc2cc(OCCOc3nc4cc(C(=O)C[C@H](C)C(=O)O)sc4cc3OC)c(OC)cc2s1. The number of thiophene rings is 2. The van der Waals surface area contributed by atoms with Crippen LogP contribution in [0.1, 0.15) is 45.5 Å². The lowest BCUT2D eigenvalue weighted by Crippen LogP contribution is -2.14. The molecule has 3 aromatic heterocycles. The van der Waals surface area contributed by atoms with E-state index in [0.29, 0.717) is 37.2 Å². The highest BCUT2D eigenvalue weighted by atomic mass is 32.1. The van der Waals surface area contributed by atoms with Crippen LogP contribution < -0.4 is 18.9 Å². The number of Topliss-reactive ketones (excluding diaryl/α,β-unsaturated/α-hetero) is 2. The first kappa shape index (κ1) is 29.8. The highest BCUT2D eigenvalue weighted by molar-refractivity contribution is 7.21. The molecular formula is C29H29NO9S2. The molecule has 3 heterocycles. The Morgan fingerprint density at radius 1 is 0.854 bits per heavy atom. The van der Waals surface area contributed by atoms with Gasteiger partial charge < -0.3 is 29.2 Å². The molecule has 2 N–H and O–H groups in total. The zero-order valence-corrected chi connectivity index (χ0v) is 24.4. The number of carbonyl (C=O) groups excluding carboxylic acids is 2. The number of aliphatic carboxylic acids is 1. The number of aromatic nitrogens is 1. The third kappa shape index (κ3) is 7.14. The van der Waals surface area contributed by atoms with Gasteiger partial charge in [0.1, 0.15) is 13.2 Å². The van der Waals surface area contributed by atoms with E-state index in [-0.39, 0.29) is 55.7 Å². The molecule has 1 atom stereocenters. The molecule has 12 heteroatoms. The number of ether oxygens (including phenoxy) is 4. The van der Waals surface area contributed by atoms with Crippen molar-refractivity contribution in [2.45, 2.75) is 26.2 Å². The molecule has 0 spiro atoms. The van der Waals surface area contributed by atoms with E-state index in [9.17, 15) is 19.5 Å². The van der Waals surface area contributed by atoms with Crippen molar-refractivity contribution in [3.8, 4) is 23.1 Å². The Kier molecular flexibility index (Phi) is 9.46. The minimum atomic E-state index is -1.02. The van der Waals surface area contributed by atoms with Crippen LogP contribution in [-0.4, -0.2) is 60.2 Å². The van der Waals surface area contributed by atoms with E-state index in [0.717, 1.165) is 10.1 Å². The number of aliphatic hydroxyl groups excluding tert-OH is 1. The standard InChI is InChI=1S/C29H29NO9S2/c1-15(29(34)35)9-20(33)27-12-18-25(41-27)14-23(37-4)28(30-18)39-8-7-38-22-10-17-11-26(19(32)6-5-16(2)31)40-24(17)13-21(22)36-3/h10-15,31H,2,5-9H2,1,3-4H3,(H,34,35)/t15-/m0/s1. The predicted molar refractivity (Wildman–Crippen MR) is 157 cm³/mol. The van der Waals surface area contributed by atoms with Crippen LogP contribution in [0.2, 0.25) is 0 Å². The van der Waals surface area contributed by atoms with Crippen molar-refractivity contribution in [1.29, 1.82) is 0 Å². The van der Waals surface area contributed by atoms with Crippen LogP contribution >= 0.6 is 22.7 Å². The number of ketones is 2. The van der Waals surface area contributed by atoms with Gasteiger partial charge in [0.15, 0.2) is 28.8 Å². The number of pyridine rings is 1. The van der Waals surface area contributed by atoms with E-state index in [4.69, 9.17) is 24.1 Å². The number of hydrogen-bond acceptors (Lipinski definition) is 11. The summed E-state index contributed by atoms with van der Waals surface area (Å²) >= 11 is 2.56. The van der Waals surface area contributed by atoms with E-state index in [2.05, 4.69) is 11.6 Å². The molecule has 0 saturated carbocycles. The number of carboxylic acid groups (broad SMARTS) is 1. The van der Waals surface area contributed by atoms with E-state index >= 15 is 0 Å². The first-order valence-corrected chi connectivity index (χ1v) is 14.2. The number of carbonyl (C=O) groups is 3. The fourth-order valence-electron chi connectivity index (χ4n) is 3.91. The Morgan fingerprint density at radius 3 is 2.20 bits per heavy atom. The van der Waals surface area contributed by atoms with Crippen molar-refractivity contribution in [3.05, 3.63) is 52.4 Å². The molecule has 1 aromatic carbocycles. The first-order valence-electron chi connectivity index (χ1n) is 12.6. The van der Waals surface area contributed by atoms with Crippen LogP contribution in [0.4, 0.5) is 0 Å². The average Bonchev–Trinajstić information content (AvgIpc) is 3.56. The molecular weight excluding hydrogens is 570 g/mol. The molecule has 216 valence electrons. The maximum atomic E-state index is 12.5. The molecule has 0 bridgehead atoms. The normalized spacial score (nSPS) is 11.8. The molecule has 0 unspecified atom stereocenters. The minimum absolute atomic E-state index is 0.0235. The smallest absolute Gasteiger partial charge is 0.306 e. The van der Waals surface area contributed by atoms with Crippen molar-refractivity contribution in [1.82, 2.24) is 4.98 Å². The number of methoxy groups -OCH3 is 2. The quantitative estimate of drug-likeness (QED) is 0.0906. The number of benzene rings is 1. The fraction of sp³-hybridized carbons (Fsp3) is 0.310. The van der Waals surface area contributed by atoms with Gasteiger partial charge in [-0.1, -0.05) is 13.5 Å². The van der Waals surface area contributed by atoms with Crippen LogP contribution in [0, 0.1) is 5.92 Å². The summed E-state index contributed by atoms with van der Waals surface area (Å²) in [4.78, 5) is 41.6. The monoisotopic (exact) mass is 599 g/mol. The van der Waals surface area contributed by atoms with Gasteiger partial charge in [-0.3, -0.25) is 14.4 Å². The van der Waals surface area contributed by atoms with Crippen LogP contribution in [0.3, 0.4) is 0 Å². The summed E-state index contributed by atoms with van der Waals surface area (Å²) in [7, 11) is 3.02. The Balaban J connectivity index is 1.43. The van der Waals surface area contributed by atoms with Gasteiger partial charge in [0, 0.05) is 36.1 Å². The van der Waals surface area contributed by atoms with Crippen molar-refractivity contribution >= 4 is 60.5 Å². The minimum Gasteiger partial charge on any atom is -0.513 e. The summed E-state index contributed by atoms with van der Waals surface area (Å²) in [5.41, 5.74) is 0.538. The van der Waals surface area contributed by atoms with E-state index in [1.807, 2.05) is 6.07 Å². The number of fused-ring (bicyclic) bond motifs is 2. The highest BCUT2D eigenvalue weighted by Crippen LogP contribution is 2.38. The fourth-order valence-corrected chi connectivity index (χ4v) is 5.93. The van der Waals surface area contributed by atoms with Crippen LogP contribution in [0.5, 0.6) is 23.1 Å². The summed E-state index contributed by atoms with van der Waals surface area (Å²) < 4.78 is 24.2. The lowest BCUT2D eigenvalue weighted by molar-refractivity contribution is -0.141. The van der Waals surface area contributed by atoms with Gasteiger partial charge >= 0.3 is 5.97 Å². The molecule has 4 rings (SSSR count). The number of carboxylic acids is 1. The molecule has 10 nitrogen and oxygen atoms in total. The summed E-state index contributed by atoms with van der Waals surface area (Å²) in [6.07, 6.45) is 0.295. The number of allylic oxidation sites excluding steroid dienone is 1. The number of hydrogen-bond donors (Lipinski definition) is 2. The second-order valence-electron chi connectivity index (χ2n) is 9.19. The van der Waals surface area contributed by atoms with E-state index < -0.39 is 11.9 Å². The predicted octanol–water partition coefficient (Wildman–Crippen LogP) is 6.31. The molecule has 0 fully saturated rings. The van der Waals surface area contributed by atoms with Gasteiger partial charge in [-0.25, -0.2) is 4.98 Å². The maximum Gasteiger partial charge on any atom is 0.306 e. The molecule has 0 amide bonds. The molecule has 0 aliphatic heterocycles. The van der Waals surface area contributed by atoms with Gasteiger partial charge in [0.05, 0.1) is 45.9 Å². The summed E-state index contributed by atoms with van der Waals surface area (Å²) in [5, 5.41) is 19.2. The molecule has 0 saturated heterocycles. The Bertz CT molecular complexity index is 1620. The Labute approximate surface area is 243 Å². The van der Waals surface area contributed by atoms with Gasteiger partial charge in [0.2, 0.25) is 0 Å². The summed E-state index contributed by atoms with van der Waals surface area (Å²) in [5.74, 6) is -0.563. The number of rotatable bonds is 15. The van der Waals surface area contributed by atoms with Crippen molar-refractivity contribution in [2.75, 3.05) is 27.4 Å². The number of nitrogens with zero attached hydrogens (tertiary/aromatic N) is 1. The zero-order chi connectivity index (χ0) is 29.7. The van der Waals surface area contributed by atoms with Crippen molar-refractivity contribution in [2.24, 2.45) is 5.92 Å². The third-order valence-corrected chi connectivity index (χ3v) is 8.39. The van der Waals surface area contributed by atoms with Gasteiger partial charge in [-0.15, -0.1) is 22.7 Å². The summed E-state index contributed by atoms with van der Waals surface area (Å²) in [6, 6.07) is 8.75. The lowest BCUT2D eigenvalue weighted by Gasteiger charge is -2.12. The van der Waals surface area contributed by atoms with Gasteiger partial charge in [-0.05, 0) is 23.6 Å². The first-order chi connectivity index (χ1) is 19.6. The second kappa shape index (κ2) is 13.0. The Hall–Kier alpha value is -4.16. The second-order valence-corrected chi connectivity index (χ2v) is 11.4. The maximum absolute atomic E-state index is 12.5. The van der Waals surface area contributed by atoms with Crippen molar-refractivity contribution in [3.63, 3.8) is 0 Å². The molecule has 0 aliphatic carbocycles. The largest absolute Gasteiger partial charge is 0.513 e. The molecule has 0 aliphatic rings. The topological polar surface area (TPSA) is 141 Å². The van der Waals surface area contributed by atoms with Gasteiger partial charge in [0.25, 0.3) is 5.88 Å². The van der Waals surface area contributed by atoms with Crippen LogP contribution in [-0.2, 0) is 4.79 Å². The third-order valence-electron chi connectivity index (χ3n) is 6.14. The van der Waals surface area contributed by atoms with E-state index in [1.165, 1.54) is 43.8 Å². The van der Waals surface area contributed by atoms with Crippen LogP contribution in [0.15, 0.2) is 42.7 Å². The average molecular weight is 600 g/mol. The van der Waals surface area contributed by atoms with Crippen molar-refractivity contribution < 1.29 is 43.5 Å². The van der Waals surface area contributed by atoms with E-state index in [1.54, 1.807) is 24.3 Å². The number of aliphatic hydroxyl groups is 1. The molecule has 41 heavy (non-hydrogen) atoms. The van der Waals surface area contributed by atoms with Gasteiger partial charge in [-0.2, -0.15) is 0 Å². The van der Waals surface area contributed by atoms with Crippen LogP contribution in [0.25, 0.3) is 20.3 Å². The lowest BCUT2D eigenvalue weighted by atomic mass is 10.0. The molecule has 0 radical (unpaired) electrons. The Morgan fingerprint density at radius 2 is 1.51 bits per heavy atom. The summed E-state index contributed by atoms with van der Waals surface area (Å²) in [6.45, 7) is 5.19. The highest BCUT2D eigenvalue weighted by Gasteiger charge is 2.20. The zero-order valence-electron chi connectivity index (χ0n) is 22.7.